The first kappa shape index (κ1) is 14.4. The normalized spacial score (nSPS) is 11.0. The van der Waals surface area contributed by atoms with Gasteiger partial charge in [0.15, 0.2) is 5.82 Å². The minimum absolute atomic E-state index is 0.198. The van der Waals surface area contributed by atoms with Crippen molar-refractivity contribution >= 4 is 5.78 Å². The number of nitrogens with zero attached hydrogens (tertiary/aromatic N) is 4. The maximum Gasteiger partial charge on any atom is 0.253 e. The predicted molar refractivity (Wildman–Crippen MR) is 92.7 cm³/mol. The van der Waals surface area contributed by atoms with Gasteiger partial charge < -0.3 is 5.11 Å². The Morgan fingerprint density at radius 1 is 0.958 bits per heavy atom. The van der Waals surface area contributed by atoms with Crippen LogP contribution in [-0.4, -0.2) is 24.7 Å². The molecule has 118 valence electrons. The average Bonchev–Trinajstić information content (AvgIpc) is 3.05. The zero-order valence-electron chi connectivity index (χ0n) is 13.2. The smallest absolute Gasteiger partial charge is 0.253 e. The quantitative estimate of drug-likeness (QED) is 0.625. The number of para-hydroxylation sites is 1. The molecular weight excluding hydrogens is 300 g/mol. The van der Waals surface area contributed by atoms with Crippen LogP contribution in [-0.2, 0) is 6.42 Å². The van der Waals surface area contributed by atoms with Gasteiger partial charge in [-0.1, -0.05) is 49.4 Å². The standard InChI is InChI=1S/C19H16N4O/c1-2-18-21-19-20-15(14-10-6-7-11-17(14)24)12-16(23(19)22-18)13-8-4-3-5-9-13/h3-12,24H,2H2,1H3. The predicted octanol–water partition coefficient (Wildman–Crippen LogP) is 3.73. The summed E-state index contributed by atoms with van der Waals surface area (Å²) in [6, 6.07) is 19.1. The molecule has 5 heteroatoms. The molecule has 0 bridgehead atoms. The summed E-state index contributed by atoms with van der Waals surface area (Å²) in [6.45, 7) is 2.01. The van der Waals surface area contributed by atoms with Crippen molar-refractivity contribution in [2.75, 3.05) is 0 Å². The molecule has 4 aromatic rings. The summed E-state index contributed by atoms with van der Waals surface area (Å²) in [5.41, 5.74) is 3.27. The Morgan fingerprint density at radius 3 is 2.46 bits per heavy atom. The second kappa shape index (κ2) is 5.77. The molecule has 0 atom stereocenters. The fourth-order valence-electron chi connectivity index (χ4n) is 2.70. The van der Waals surface area contributed by atoms with Crippen LogP contribution in [0.4, 0.5) is 0 Å². The summed E-state index contributed by atoms with van der Waals surface area (Å²) in [7, 11) is 0. The van der Waals surface area contributed by atoms with Gasteiger partial charge in [0.05, 0.1) is 11.4 Å². The molecule has 0 fully saturated rings. The third-order valence-corrected chi connectivity index (χ3v) is 3.92. The number of hydrogen-bond donors (Lipinski definition) is 1. The molecule has 0 amide bonds. The lowest BCUT2D eigenvalue weighted by molar-refractivity contribution is 0.477. The van der Waals surface area contributed by atoms with Gasteiger partial charge in [-0.15, -0.1) is 5.10 Å². The summed E-state index contributed by atoms with van der Waals surface area (Å²) in [6.07, 6.45) is 0.740. The van der Waals surface area contributed by atoms with Crippen LogP contribution in [0.1, 0.15) is 12.7 Å². The van der Waals surface area contributed by atoms with Gasteiger partial charge in [0.2, 0.25) is 0 Å². The fourth-order valence-corrected chi connectivity index (χ4v) is 2.70. The lowest BCUT2D eigenvalue weighted by atomic mass is 10.1. The van der Waals surface area contributed by atoms with E-state index in [0.29, 0.717) is 17.0 Å². The second-order valence-corrected chi connectivity index (χ2v) is 5.50. The van der Waals surface area contributed by atoms with Gasteiger partial charge in [0.1, 0.15) is 5.75 Å². The molecule has 0 aliphatic carbocycles. The first-order valence-electron chi connectivity index (χ1n) is 7.86. The number of aromatic nitrogens is 4. The third kappa shape index (κ3) is 2.40. The lowest BCUT2D eigenvalue weighted by Crippen LogP contribution is -1.99. The van der Waals surface area contributed by atoms with E-state index in [9.17, 15) is 5.11 Å². The SMILES string of the molecule is CCc1nc2nc(-c3ccccc3O)cc(-c3ccccc3)n2n1. The molecule has 0 aliphatic rings. The number of fused-ring (bicyclic) bond motifs is 1. The second-order valence-electron chi connectivity index (χ2n) is 5.50. The van der Waals surface area contributed by atoms with Gasteiger partial charge in [0, 0.05) is 17.5 Å². The van der Waals surface area contributed by atoms with Crippen LogP contribution in [0.5, 0.6) is 5.75 Å². The first-order valence-corrected chi connectivity index (χ1v) is 7.86. The van der Waals surface area contributed by atoms with E-state index in [-0.39, 0.29) is 5.75 Å². The highest BCUT2D eigenvalue weighted by Gasteiger charge is 2.14. The largest absolute Gasteiger partial charge is 0.507 e. The molecule has 0 saturated heterocycles. The van der Waals surface area contributed by atoms with Crippen molar-refractivity contribution in [1.82, 2.24) is 19.6 Å². The van der Waals surface area contributed by atoms with Crippen LogP contribution in [0.3, 0.4) is 0 Å². The minimum Gasteiger partial charge on any atom is -0.507 e. The van der Waals surface area contributed by atoms with E-state index >= 15 is 0 Å². The molecule has 2 aromatic carbocycles. The summed E-state index contributed by atoms with van der Waals surface area (Å²) in [5.74, 6) is 1.48. The van der Waals surface area contributed by atoms with Crippen molar-refractivity contribution < 1.29 is 5.11 Å². The van der Waals surface area contributed by atoms with Crippen molar-refractivity contribution in [3.05, 3.63) is 66.5 Å². The summed E-state index contributed by atoms with van der Waals surface area (Å²) in [4.78, 5) is 9.08. The van der Waals surface area contributed by atoms with E-state index in [0.717, 1.165) is 23.5 Å². The zero-order valence-corrected chi connectivity index (χ0v) is 13.2. The van der Waals surface area contributed by atoms with Crippen molar-refractivity contribution in [1.29, 1.82) is 0 Å². The monoisotopic (exact) mass is 316 g/mol. The molecule has 0 saturated carbocycles. The number of aryl methyl sites for hydroxylation is 1. The topological polar surface area (TPSA) is 63.3 Å². The highest BCUT2D eigenvalue weighted by atomic mass is 16.3. The van der Waals surface area contributed by atoms with Gasteiger partial charge in [-0.3, -0.25) is 0 Å². The Bertz CT molecular complexity index is 1010. The highest BCUT2D eigenvalue weighted by molar-refractivity contribution is 5.73. The number of benzene rings is 2. The Balaban J connectivity index is 2.02. The van der Waals surface area contributed by atoms with E-state index < -0.39 is 0 Å². The van der Waals surface area contributed by atoms with Gasteiger partial charge in [0.25, 0.3) is 5.78 Å². The molecule has 2 aromatic heterocycles. The van der Waals surface area contributed by atoms with E-state index in [2.05, 4.69) is 15.1 Å². The number of rotatable bonds is 3. The van der Waals surface area contributed by atoms with Crippen molar-refractivity contribution in [3.8, 4) is 28.3 Å². The van der Waals surface area contributed by atoms with Crippen LogP contribution < -0.4 is 0 Å². The third-order valence-electron chi connectivity index (χ3n) is 3.92. The van der Waals surface area contributed by atoms with Crippen LogP contribution in [0.25, 0.3) is 28.3 Å². The molecule has 0 unspecified atom stereocenters. The molecule has 5 nitrogen and oxygen atoms in total. The maximum absolute atomic E-state index is 10.2. The molecule has 0 spiro atoms. The Morgan fingerprint density at radius 2 is 1.71 bits per heavy atom. The Kier molecular flexibility index (Phi) is 3.46. The molecule has 4 rings (SSSR count). The first-order chi connectivity index (χ1) is 11.8. The van der Waals surface area contributed by atoms with E-state index in [4.69, 9.17) is 0 Å². The van der Waals surface area contributed by atoms with E-state index in [1.54, 1.807) is 16.6 Å². The minimum atomic E-state index is 0.198. The average molecular weight is 316 g/mol. The number of aromatic hydroxyl groups is 1. The van der Waals surface area contributed by atoms with E-state index in [1.807, 2.05) is 55.5 Å². The molecule has 1 N–H and O–H groups in total. The van der Waals surface area contributed by atoms with Crippen LogP contribution >= 0.6 is 0 Å². The van der Waals surface area contributed by atoms with Gasteiger partial charge in [-0.05, 0) is 18.2 Å². The summed E-state index contributed by atoms with van der Waals surface area (Å²) in [5, 5.41) is 14.7. The highest BCUT2D eigenvalue weighted by Crippen LogP contribution is 2.30. The van der Waals surface area contributed by atoms with Crippen LogP contribution in [0, 0.1) is 0 Å². The number of hydrogen-bond acceptors (Lipinski definition) is 4. The Labute approximate surface area is 139 Å². The zero-order chi connectivity index (χ0) is 16.5. The summed E-state index contributed by atoms with van der Waals surface area (Å²) < 4.78 is 1.76. The van der Waals surface area contributed by atoms with Crippen LogP contribution in [0.15, 0.2) is 60.7 Å². The number of phenols is 1. The molecule has 0 aliphatic heterocycles. The number of phenolic OH excluding ortho intramolecular Hbond substituents is 1. The van der Waals surface area contributed by atoms with Crippen molar-refractivity contribution in [2.45, 2.75) is 13.3 Å². The van der Waals surface area contributed by atoms with Crippen molar-refractivity contribution in [3.63, 3.8) is 0 Å². The Hall–Kier alpha value is -3.21. The summed E-state index contributed by atoms with van der Waals surface area (Å²) >= 11 is 0. The van der Waals surface area contributed by atoms with Gasteiger partial charge in [-0.2, -0.15) is 9.50 Å². The van der Waals surface area contributed by atoms with E-state index in [1.165, 1.54) is 0 Å². The lowest BCUT2D eigenvalue weighted by Gasteiger charge is -2.08. The molecule has 2 heterocycles. The van der Waals surface area contributed by atoms with Crippen LogP contribution in [0.2, 0.25) is 0 Å². The fraction of sp³-hybridized carbons (Fsp3) is 0.105. The van der Waals surface area contributed by atoms with Gasteiger partial charge >= 0.3 is 0 Å². The molecule has 0 radical (unpaired) electrons. The molecular formula is C19H16N4O. The van der Waals surface area contributed by atoms with Gasteiger partial charge in [-0.25, -0.2) is 4.98 Å². The maximum atomic E-state index is 10.2. The molecule has 24 heavy (non-hydrogen) atoms. The van der Waals surface area contributed by atoms with Crippen molar-refractivity contribution in [2.24, 2.45) is 0 Å².